The quantitative estimate of drug-likeness (QED) is 0.449. The van der Waals surface area contributed by atoms with Crippen LogP contribution >= 0.6 is 11.3 Å². The van der Waals surface area contributed by atoms with E-state index in [0.717, 1.165) is 16.3 Å². The van der Waals surface area contributed by atoms with Crippen molar-refractivity contribution in [2.75, 3.05) is 6.54 Å². The normalized spacial score (nSPS) is 9.75. The first-order valence-corrected chi connectivity index (χ1v) is 5.79. The lowest BCUT2D eigenvalue weighted by molar-refractivity contribution is 0.926. The minimum absolute atomic E-state index is 0.467. The second-order valence-electron chi connectivity index (χ2n) is 3.21. The topological polar surface area (TPSA) is 61.7 Å². The van der Waals surface area contributed by atoms with E-state index in [2.05, 4.69) is 15.0 Å². The summed E-state index contributed by atoms with van der Waals surface area (Å²) in [6.07, 6.45) is 0.702. The molecule has 1 heterocycles. The molecule has 0 saturated carbocycles. The van der Waals surface area contributed by atoms with Gasteiger partial charge < -0.3 is 0 Å². The molecule has 4 nitrogen and oxygen atoms in total. The first kappa shape index (κ1) is 10.7. The summed E-state index contributed by atoms with van der Waals surface area (Å²) in [7, 11) is 0. The van der Waals surface area contributed by atoms with Gasteiger partial charge in [0.05, 0.1) is 5.69 Å². The molecule has 1 aromatic carbocycles. The van der Waals surface area contributed by atoms with Crippen molar-refractivity contribution in [3.63, 3.8) is 0 Å². The van der Waals surface area contributed by atoms with E-state index in [4.69, 9.17) is 5.53 Å². The highest BCUT2D eigenvalue weighted by Gasteiger charge is 2.03. The van der Waals surface area contributed by atoms with E-state index in [0.29, 0.717) is 13.0 Å². The fourth-order valence-electron chi connectivity index (χ4n) is 1.34. The lowest BCUT2D eigenvalue weighted by atomic mass is 10.2. The molecule has 1 aromatic heterocycles. The Balaban J connectivity index is 2.11. The Kier molecular flexibility index (Phi) is 3.53. The summed E-state index contributed by atoms with van der Waals surface area (Å²) in [5.74, 6) is 0. The number of hydrogen-bond acceptors (Lipinski definition) is 3. The summed E-state index contributed by atoms with van der Waals surface area (Å²) >= 11 is 1.61. The van der Waals surface area contributed by atoms with Crippen LogP contribution in [0, 0.1) is 0 Å². The van der Waals surface area contributed by atoms with Gasteiger partial charge in [-0.1, -0.05) is 35.4 Å². The second kappa shape index (κ2) is 5.30. The van der Waals surface area contributed by atoms with Crippen molar-refractivity contribution < 1.29 is 0 Å². The third kappa shape index (κ3) is 2.59. The average molecular weight is 230 g/mol. The summed E-state index contributed by atoms with van der Waals surface area (Å²) in [5.41, 5.74) is 10.3. The molecule has 2 rings (SSSR count). The van der Waals surface area contributed by atoms with Crippen molar-refractivity contribution in [1.29, 1.82) is 0 Å². The zero-order valence-corrected chi connectivity index (χ0v) is 9.39. The predicted octanol–water partition coefficient (Wildman–Crippen LogP) is 3.66. The van der Waals surface area contributed by atoms with E-state index in [1.807, 2.05) is 35.7 Å². The van der Waals surface area contributed by atoms with Crippen LogP contribution in [-0.2, 0) is 6.42 Å². The predicted molar refractivity (Wildman–Crippen MR) is 65.3 cm³/mol. The standard InChI is InChI=1S/C11H10N4S/c12-15-13-7-6-10-8-16-11(14-10)9-4-2-1-3-5-9/h1-5,8H,6-7H2. The zero-order chi connectivity index (χ0) is 11.2. The van der Waals surface area contributed by atoms with Gasteiger partial charge in [-0.15, -0.1) is 11.3 Å². The smallest absolute Gasteiger partial charge is 0.123 e. The van der Waals surface area contributed by atoms with Crippen LogP contribution in [0.1, 0.15) is 5.69 Å². The van der Waals surface area contributed by atoms with Crippen LogP contribution in [0.3, 0.4) is 0 Å². The summed E-state index contributed by atoms with van der Waals surface area (Å²) in [5, 5.41) is 6.51. The molecule has 16 heavy (non-hydrogen) atoms. The molecule has 0 atom stereocenters. The van der Waals surface area contributed by atoms with Crippen LogP contribution in [0.4, 0.5) is 0 Å². The molecule has 5 heteroatoms. The largest absolute Gasteiger partial charge is 0.241 e. The number of aromatic nitrogens is 1. The van der Waals surface area contributed by atoms with Crippen molar-refractivity contribution in [2.24, 2.45) is 5.11 Å². The lowest BCUT2D eigenvalue weighted by Crippen LogP contribution is -1.88. The first-order valence-electron chi connectivity index (χ1n) is 4.91. The van der Waals surface area contributed by atoms with E-state index in [1.165, 1.54) is 0 Å². The Morgan fingerprint density at radius 3 is 2.88 bits per heavy atom. The Morgan fingerprint density at radius 2 is 2.12 bits per heavy atom. The molecule has 0 aliphatic heterocycles. The minimum atomic E-state index is 0.467. The van der Waals surface area contributed by atoms with E-state index in [1.54, 1.807) is 11.3 Å². The molecule has 2 aromatic rings. The van der Waals surface area contributed by atoms with Crippen molar-refractivity contribution >= 4 is 11.3 Å². The SMILES string of the molecule is [N-]=[N+]=NCCc1csc(-c2ccccc2)n1. The third-order valence-corrected chi connectivity index (χ3v) is 3.04. The molecule has 0 N–H and O–H groups in total. The number of azide groups is 1. The van der Waals surface area contributed by atoms with Crippen LogP contribution in [0.5, 0.6) is 0 Å². The van der Waals surface area contributed by atoms with Crippen LogP contribution in [0.15, 0.2) is 40.8 Å². The molecular weight excluding hydrogens is 220 g/mol. The number of benzene rings is 1. The van der Waals surface area contributed by atoms with Gasteiger partial charge in [0.2, 0.25) is 0 Å². The second-order valence-corrected chi connectivity index (χ2v) is 4.07. The number of nitrogens with zero attached hydrogens (tertiary/aromatic N) is 4. The van der Waals surface area contributed by atoms with Gasteiger partial charge >= 0.3 is 0 Å². The van der Waals surface area contributed by atoms with Crippen LogP contribution in [0.2, 0.25) is 0 Å². The fourth-order valence-corrected chi connectivity index (χ4v) is 2.20. The van der Waals surface area contributed by atoms with Gasteiger partial charge in [0.1, 0.15) is 5.01 Å². The molecule has 80 valence electrons. The Hall–Kier alpha value is -1.84. The van der Waals surface area contributed by atoms with Gasteiger partial charge in [0, 0.05) is 22.4 Å². The van der Waals surface area contributed by atoms with Gasteiger partial charge in [-0.2, -0.15) is 0 Å². The van der Waals surface area contributed by atoms with Gasteiger partial charge in [0.15, 0.2) is 0 Å². The maximum absolute atomic E-state index is 8.17. The van der Waals surface area contributed by atoms with Crippen molar-refractivity contribution in [3.05, 3.63) is 51.8 Å². The highest BCUT2D eigenvalue weighted by atomic mass is 32.1. The van der Waals surface area contributed by atoms with Gasteiger partial charge in [0.25, 0.3) is 0 Å². The van der Waals surface area contributed by atoms with Gasteiger partial charge in [-0.25, -0.2) is 4.98 Å². The molecule has 0 fully saturated rings. The van der Waals surface area contributed by atoms with E-state index in [-0.39, 0.29) is 0 Å². The molecule has 0 amide bonds. The molecule has 0 bridgehead atoms. The molecule has 0 unspecified atom stereocenters. The minimum Gasteiger partial charge on any atom is -0.241 e. The van der Waals surface area contributed by atoms with Crippen molar-refractivity contribution in [3.8, 4) is 10.6 Å². The summed E-state index contributed by atoms with van der Waals surface area (Å²) in [6.45, 7) is 0.467. The number of thiazole rings is 1. The number of hydrogen-bond donors (Lipinski definition) is 0. The van der Waals surface area contributed by atoms with Crippen LogP contribution < -0.4 is 0 Å². The maximum Gasteiger partial charge on any atom is 0.123 e. The van der Waals surface area contributed by atoms with Crippen molar-refractivity contribution in [2.45, 2.75) is 6.42 Å². The monoisotopic (exact) mass is 230 g/mol. The number of rotatable bonds is 4. The molecular formula is C11H10N4S. The first-order chi connectivity index (χ1) is 7.90. The molecule has 0 aliphatic carbocycles. The van der Waals surface area contributed by atoms with E-state index in [9.17, 15) is 0 Å². The lowest BCUT2D eigenvalue weighted by Gasteiger charge is -1.93. The van der Waals surface area contributed by atoms with Gasteiger partial charge in [-0.05, 0) is 12.0 Å². The van der Waals surface area contributed by atoms with Crippen LogP contribution in [0.25, 0.3) is 21.0 Å². The molecule has 0 aliphatic rings. The average Bonchev–Trinajstić information content (AvgIpc) is 2.79. The summed E-state index contributed by atoms with van der Waals surface area (Å²) in [4.78, 5) is 7.20. The summed E-state index contributed by atoms with van der Waals surface area (Å²) in [6, 6.07) is 10.1. The molecule has 0 spiro atoms. The Morgan fingerprint density at radius 1 is 1.31 bits per heavy atom. The highest BCUT2D eigenvalue weighted by Crippen LogP contribution is 2.23. The molecule has 0 radical (unpaired) electrons. The highest BCUT2D eigenvalue weighted by molar-refractivity contribution is 7.13. The third-order valence-electron chi connectivity index (χ3n) is 2.10. The Bertz CT molecular complexity index is 500. The van der Waals surface area contributed by atoms with E-state index >= 15 is 0 Å². The zero-order valence-electron chi connectivity index (χ0n) is 8.58. The maximum atomic E-state index is 8.17. The van der Waals surface area contributed by atoms with Crippen molar-refractivity contribution in [1.82, 2.24) is 4.98 Å². The fraction of sp³-hybridized carbons (Fsp3) is 0.182. The summed E-state index contributed by atoms with van der Waals surface area (Å²) < 4.78 is 0. The Labute approximate surface area is 97.2 Å². The molecule has 0 saturated heterocycles. The van der Waals surface area contributed by atoms with Crippen LogP contribution in [-0.4, -0.2) is 11.5 Å². The van der Waals surface area contributed by atoms with Gasteiger partial charge in [-0.3, -0.25) is 0 Å². The van der Waals surface area contributed by atoms with E-state index < -0.39 is 0 Å².